The van der Waals surface area contributed by atoms with Crippen molar-refractivity contribution in [3.8, 4) is 10.9 Å². The van der Waals surface area contributed by atoms with Gasteiger partial charge in [0, 0.05) is 31.7 Å². The summed E-state index contributed by atoms with van der Waals surface area (Å²) in [6, 6.07) is 16.9. The van der Waals surface area contributed by atoms with E-state index in [-0.39, 0.29) is 12.1 Å². The molecule has 2 aliphatic heterocycles. The fourth-order valence-corrected chi connectivity index (χ4v) is 5.22. The lowest BCUT2D eigenvalue weighted by Crippen LogP contribution is -2.49. The van der Waals surface area contributed by atoms with E-state index < -0.39 is 5.60 Å². The summed E-state index contributed by atoms with van der Waals surface area (Å²) in [6.07, 6.45) is 0.842. The first-order valence-corrected chi connectivity index (χ1v) is 11.5. The van der Waals surface area contributed by atoms with Gasteiger partial charge in [-0.3, -0.25) is 4.90 Å². The number of likely N-dealkylation sites (tertiary alicyclic amines) is 2. The van der Waals surface area contributed by atoms with Crippen LogP contribution in [0.15, 0.2) is 48.5 Å². The van der Waals surface area contributed by atoms with E-state index in [1.807, 2.05) is 56.0 Å². The van der Waals surface area contributed by atoms with Crippen molar-refractivity contribution >= 4 is 27.6 Å². The monoisotopic (exact) mass is 437 g/mol. The van der Waals surface area contributed by atoms with Crippen LogP contribution in [-0.4, -0.2) is 51.7 Å². The Bertz CT molecular complexity index is 1060. The maximum Gasteiger partial charge on any atom is 0.410 e. The number of ether oxygens (including phenoxy) is 2. The molecule has 3 heterocycles. The van der Waals surface area contributed by atoms with E-state index in [9.17, 15) is 4.79 Å². The van der Waals surface area contributed by atoms with Gasteiger partial charge in [-0.25, -0.2) is 9.78 Å². The van der Waals surface area contributed by atoms with Gasteiger partial charge in [0.1, 0.15) is 11.4 Å². The van der Waals surface area contributed by atoms with Crippen molar-refractivity contribution in [2.75, 3.05) is 13.1 Å². The van der Waals surface area contributed by atoms with Gasteiger partial charge >= 0.3 is 6.09 Å². The third-order valence-electron chi connectivity index (χ3n) is 5.77. The molecule has 5 rings (SSSR count). The van der Waals surface area contributed by atoms with Gasteiger partial charge in [-0.05, 0) is 57.0 Å². The molecule has 0 N–H and O–H groups in total. The number of piperazine rings is 1. The Balaban J connectivity index is 1.17. The van der Waals surface area contributed by atoms with Crippen LogP contribution in [0.25, 0.3) is 10.2 Å². The number of rotatable bonds is 4. The molecule has 2 aromatic carbocycles. The number of carbonyl (C=O) groups excluding carboxylic acids is 1. The van der Waals surface area contributed by atoms with Crippen molar-refractivity contribution in [3.63, 3.8) is 0 Å². The maximum atomic E-state index is 12.4. The van der Waals surface area contributed by atoms with Crippen molar-refractivity contribution in [3.05, 3.63) is 54.1 Å². The summed E-state index contributed by atoms with van der Waals surface area (Å²) in [5.74, 6) is 0.793. The van der Waals surface area contributed by atoms with Crippen LogP contribution in [0.4, 0.5) is 4.79 Å². The summed E-state index contributed by atoms with van der Waals surface area (Å²) >= 11 is 1.55. The first kappa shape index (κ1) is 20.3. The molecule has 2 fully saturated rings. The average molecular weight is 438 g/mol. The molecule has 31 heavy (non-hydrogen) atoms. The van der Waals surface area contributed by atoms with Crippen molar-refractivity contribution in [1.82, 2.24) is 14.8 Å². The zero-order valence-corrected chi connectivity index (χ0v) is 18.9. The standard InChI is InChI=1S/C24H27N3O3S/c1-24(2,3)30-23(28)27-15-17-12-18(27)14-26(17)13-16-8-10-19(11-9-16)29-22-25-20-6-4-5-7-21(20)31-22/h4-11,17-18H,12-15H2,1-3H3/t17?,18-/m0/s1. The summed E-state index contributed by atoms with van der Waals surface area (Å²) < 4.78 is 12.6. The molecule has 2 aliphatic rings. The Morgan fingerprint density at radius 1 is 1.10 bits per heavy atom. The highest BCUT2D eigenvalue weighted by Crippen LogP contribution is 2.34. The molecule has 0 saturated carbocycles. The second-order valence-corrected chi connectivity index (χ2v) is 10.3. The Morgan fingerprint density at radius 2 is 1.87 bits per heavy atom. The van der Waals surface area contributed by atoms with Gasteiger partial charge < -0.3 is 14.4 Å². The summed E-state index contributed by atoms with van der Waals surface area (Å²) in [6.45, 7) is 8.26. The smallest absolute Gasteiger partial charge is 0.410 e. The van der Waals surface area contributed by atoms with Crippen LogP contribution >= 0.6 is 11.3 Å². The lowest BCUT2D eigenvalue weighted by Gasteiger charge is -2.35. The van der Waals surface area contributed by atoms with Gasteiger partial charge in [0.05, 0.1) is 10.2 Å². The van der Waals surface area contributed by atoms with E-state index in [1.54, 1.807) is 11.3 Å². The zero-order valence-electron chi connectivity index (χ0n) is 18.1. The molecule has 2 atom stereocenters. The zero-order chi connectivity index (χ0) is 21.6. The molecule has 0 radical (unpaired) electrons. The molecular formula is C24H27N3O3S. The van der Waals surface area contributed by atoms with Crippen LogP contribution in [0.1, 0.15) is 32.8 Å². The molecule has 0 aliphatic carbocycles. The summed E-state index contributed by atoms with van der Waals surface area (Å²) in [4.78, 5) is 21.3. The van der Waals surface area contributed by atoms with Gasteiger partial charge in [-0.15, -0.1) is 0 Å². The SMILES string of the molecule is CC(C)(C)OC(=O)N1CC2C[C@H]1CN2Cc1ccc(Oc2nc3ccccc3s2)cc1. The van der Waals surface area contributed by atoms with E-state index in [0.29, 0.717) is 11.2 Å². The van der Waals surface area contributed by atoms with Gasteiger partial charge in [-0.1, -0.05) is 35.6 Å². The largest absolute Gasteiger partial charge is 0.444 e. The second-order valence-electron chi connectivity index (χ2n) is 9.30. The number of fused-ring (bicyclic) bond motifs is 3. The Labute approximate surface area is 186 Å². The average Bonchev–Trinajstić information content (AvgIpc) is 3.41. The molecule has 7 heteroatoms. The minimum Gasteiger partial charge on any atom is -0.444 e. The second kappa shape index (κ2) is 7.80. The molecule has 2 bridgehead atoms. The highest BCUT2D eigenvalue weighted by Gasteiger charge is 2.46. The number of nitrogens with zero attached hydrogens (tertiary/aromatic N) is 3. The number of thiazole rings is 1. The Hall–Kier alpha value is -2.64. The number of aromatic nitrogens is 1. The van der Waals surface area contributed by atoms with Crippen LogP contribution in [0, 0.1) is 0 Å². The number of amides is 1. The predicted octanol–water partition coefficient (Wildman–Crippen LogP) is 5.28. The summed E-state index contributed by atoms with van der Waals surface area (Å²) in [5.41, 5.74) is 1.75. The maximum absolute atomic E-state index is 12.4. The van der Waals surface area contributed by atoms with Crippen LogP contribution < -0.4 is 4.74 Å². The van der Waals surface area contributed by atoms with Gasteiger partial charge in [0.25, 0.3) is 5.19 Å². The highest BCUT2D eigenvalue weighted by molar-refractivity contribution is 7.20. The minimum absolute atomic E-state index is 0.184. The Kier molecular flexibility index (Phi) is 5.10. The van der Waals surface area contributed by atoms with Crippen LogP contribution in [0.2, 0.25) is 0 Å². The van der Waals surface area contributed by atoms with E-state index in [4.69, 9.17) is 9.47 Å². The highest BCUT2D eigenvalue weighted by atomic mass is 32.1. The number of hydrogen-bond donors (Lipinski definition) is 0. The van der Waals surface area contributed by atoms with Crippen LogP contribution in [0.5, 0.6) is 10.9 Å². The molecule has 162 valence electrons. The topological polar surface area (TPSA) is 54.9 Å². The molecular weight excluding hydrogens is 410 g/mol. The number of para-hydroxylation sites is 1. The number of benzene rings is 2. The van der Waals surface area contributed by atoms with E-state index >= 15 is 0 Å². The lowest BCUT2D eigenvalue weighted by molar-refractivity contribution is 0.0124. The van der Waals surface area contributed by atoms with E-state index in [0.717, 1.165) is 42.0 Å². The molecule has 2 saturated heterocycles. The third kappa shape index (κ3) is 4.38. The molecule has 1 amide bonds. The van der Waals surface area contributed by atoms with Crippen molar-refractivity contribution < 1.29 is 14.3 Å². The lowest BCUT2D eigenvalue weighted by atomic mass is 10.2. The molecule has 6 nitrogen and oxygen atoms in total. The van der Waals surface area contributed by atoms with E-state index in [1.165, 1.54) is 5.56 Å². The minimum atomic E-state index is -0.451. The van der Waals surface area contributed by atoms with Crippen molar-refractivity contribution in [1.29, 1.82) is 0 Å². The van der Waals surface area contributed by atoms with Crippen molar-refractivity contribution in [2.24, 2.45) is 0 Å². The first-order valence-electron chi connectivity index (χ1n) is 10.7. The fraction of sp³-hybridized carbons (Fsp3) is 0.417. The number of hydrogen-bond acceptors (Lipinski definition) is 6. The van der Waals surface area contributed by atoms with Gasteiger partial charge in [0.2, 0.25) is 0 Å². The van der Waals surface area contributed by atoms with Gasteiger partial charge in [0.15, 0.2) is 0 Å². The Morgan fingerprint density at radius 3 is 2.55 bits per heavy atom. The molecule has 0 spiro atoms. The quantitative estimate of drug-likeness (QED) is 0.556. The first-order chi connectivity index (χ1) is 14.8. The normalized spacial score (nSPS) is 21.1. The van der Waals surface area contributed by atoms with Crippen molar-refractivity contribution in [2.45, 2.75) is 51.4 Å². The van der Waals surface area contributed by atoms with Crippen LogP contribution in [-0.2, 0) is 11.3 Å². The third-order valence-corrected chi connectivity index (χ3v) is 6.68. The summed E-state index contributed by atoms with van der Waals surface area (Å²) in [7, 11) is 0. The van der Waals surface area contributed by atoms with E-state index in [2.05, 4.69) is 28.1 Å². The predicted molar refractivity (Wildman–Crippen MR) is 122 cm³/mol. The molecule has 1 unspecified atom stereocenters. The van der Waals surface area contributed by atoms with Crippen LogP contribution in [0.3, 0.4) is 0 Å². The fourth-order valence-electron chi connectivity index (χ4n) is 4.38. The molecule has 1 aromatic heterocycles. The summed E-state index contributed by atoms with van der Waals surface area (Å²) in [5, 5.41) is 0.660. The van der Waals surface area contributed by atoms with Gasteiger partial charge in [-0.2, -0.15) is 0 Å². The molecule has 3 aromatic rings. The number of carbonyl (C=O) groups is 1.